The second kappa shape index (κ2) is 8.12. The van der Waals surface area contributed by atoms with Gasteiger partial charge in [0.2, 0.25) is 5.91 Å². The SMILES string of the molecule is CC[C@H](N)C(=O)NCc1ccccc1CN1CCOCC1. The first-order chi connectivity index (χ1) is 10.2. The van der Waals surface area contributed by atoms with Gasteiger partial charge < -0.3 is 15.8 Å². The van der Waals surface area contributed by atoms with Crippen LogP contribution in [0.3, 0.4) is 0 Å². The Morgan fingerprint density at radius 1 is 1.33 bits per heavy atom. The highest BCUT2D eigenvalue weighted by atomic mass is 16.5. The van der Waals surface area contributed by atoms with Gasteiger partial charge in [-0.2, -0.15) is 0 Å². The Morgan fingerprint density at radius 2 is 2.00 bits per heavy atom. The molecule has 0 saturated carbocycles. The van der Waals surface area contributed by atoms with E-state index in [4.69, 9.17) is 10.5 Å². The number of nitrogens with zero attached hydrogens (tertiary/aromatic N) is 1. The van der Waals surface area contributed by atoms with Gasteiger partial charge >= 0.3 is 0 Å². The van der Waals surface area contributed by atoms with Crippen molar-refractivity contribution < 1.29 is 9.53 Å². The average Bonchev–Trinajstić information content (AvgIpc) is 2.54. The fourth-order valence-electron chi connectivity index (χ4n) is 2.38. The van der Waals surface area contributed by atoms with Crippen molar-refractivity contribution in [2.24, 2.45) is 5.73 Å². The Morgan fingerprint density at radius 3 is 2.67 bits per heavy atom. The Labute approximate surface area is 126 Å². The summed E-state index contributed by atoms with van der Waals surface area (Å²) in [5.74, 6) is -0.0846. The predicted molar refractivity (Wildman–Crippen MR) is 82.7 cm³/mol. The van der Waals surface area contributed by atoms with Crippen LogP contribution >= 0.6 is 0 Å². The van der Waals surface area contributed by atoms with Crippen molar-refractivity contribution in [1.82, 2.24) is 10.2 Å². The number of hydrogen-bond donors (Lipinski definition) is 2. The van der Waals surface area contributed by atoms with E-state index in [2.05, 4.69) is 22.3 Å². The number of benzene rings is 1. The standard InChI is InChI=1S/C16H25N3O2/c1-2-15(17)16(20)18-11-13-5-3-4-6-14(13)12-19-7-9-21-10-8-19/h3-6,15H,2,7-12,17H2,1H3,(H,18,20)/t15-/m0/s1. The highest BCUT2D eigenvalue weighted by Gasteiger charge is 2.14. The number of carbonyl (C=O) groups excluding carboxylic acids is 1. The number of rotatable bonds is 6. The summed E-state index contributed by atoms with van der Waals surface area (Å²) in [4.78, 5) is 14.2. The zero-order valence-electron chi connectivity index (χ0n) is 12.7. The third-order valence-electron chi connectivity index (χ3n) is 3.85. The van der Waals surface area contributed by atoms with Crippen LogP contribution in [0, 0.1) is 0 Å². The molecule has 1 heterocycles. The second-order valence-electron chi connectivity index (χ2n) is 5.39. The molecule has 2 rings (SSSR count). The van der Waals surface area contributed by atoms with Gasteiger partial charge in [-0.1, -0.05) is 31.2 Å². The zero-order chi connectivity index (χ0) is 15.1. The molecule has 1 amide bonds. The quantitative estimate of drug-likeness (QED) is 0.816. The highest BCUT2D eigenvalue weighted by Crippen LogP contribution is 2.13. The smallest absolute Gasteiger partial charge is 0.237 e. The van der Waals surface area contributed by atoms with Gasteiger partial charge in [-0.25, -0.2) is 0 Å². The summed E-state index contributed by atoms with van der Waals surface area (Å²) in [6, 6.07) is 7.81. The molecule has 5 nitrogen and oxygen atoms in total. The fraction of sp³-hybridized carbons (Fsp3) is 0.562. The molecule has 1 aromatic rings. The van der Waals surface area contributed by atoms with Gasteiger partial charge in [-0.05, 0) is 17.5 Å². The van der Waals surface area contributed by atoms with Crippen LogP contribution in [0.1, 0.15) is 24.5 Å². The van der Waals surface area contributed by atoms with E-state index in [0.29, 0.717) is 13.0 Å². The van der Waals surface area contributed by atoms with Crippen molar-refractivity contribution in [3.05, 3.63) is 35.4 Å². The molecule has 1 aromatic carbocycles. The lowest BCUT2D eigenvalue weighted by atomic mass is 10.1. The molecule has 0 spiro atoms. The molecular formula is C16H25N3O2. The summed E-state index contributed by atoms with van der Waals surface area (Å²) in [6.07, 6.45) is 0.654. The van der Waals surface area contributed by atoms with E-state index in [1.807, 2.05) is 19.1 Å². The molecular weight excluding hydrogens is 266 g/mol. The Kier molecular flexibility index (Phi) is 6.17. The van der Waals surface area contributed by atoms with Crippen LogP contribution in [0.5, 0.6) is 0 Å². The van der Waals surface area contributed by atoms with E-state index in [1.165, 1.54) is 5.56 Å². The summed E-state index contributed by atoms with van der Waals surface area (Å²) in [6.45, 7) is 6.86. The molecule has 1 atom stereocenters. The average molecular weight is 291 g/mol. The first-order valence-electron chi connectivity index (χ1n) is 7.61. The van der Waals surface area contributed by atoms with Gasteiger partial charge in [0.25, 0.3) is 0 Å². The Balaban J connectivity index is 1.94. The minimum absolute atomic E-state index is 0.0846. The molecule has 0 unspecified atom stereocenters. The van der Waals surface area contributed by atoms with Crippen LogP contribution in [0.2, 0.25) is 0 Å². The Bertz CT molecular complexity index is 459. The van der Waals surface area contributed by atoms with E-state index in [-0.39, 0.29) is 5.91 Å². The van der Waals surface area contributed by atoms with Crippen LogP contribution in [0.4, 0.5) is 0 Å². The number of ether oxygens (including phenoxy) is 1. The summed E-state index contributed by atoms with van der Waals surface area (Å²) in [5, 5.41) is 2.92. The van der Waals surface area contributed by atoms with Crippen molar-refractivity contribution in [3.8, 4) is 0 Å². The van der Waals surface area contributed by atoms with Gasteiger partial charge in [-0.3, -0.25) is 9.69 Å². The van der Waals surface area contributed by atoms with E-state index in [9.17, 15) is 4.79 Å². The topological polar surface area (TPSA) is 67.6 Å². The van der Waals surface area contributed by atoms with Crippen molar-refractivity contribution in [3.63, 3.8) is 0 Å². The highest BCUT2D eigenvalue weighted by molar-refractivity contribution is 5.81. The van der Waals surface area contributed by atoms with Crippen molar-refractivity contribution in [1.29, 1.82) is 0 Å². The minimum atomic E-state index is -0.420. The lowest BCUT2D eigenvalue weighted by molar-refractivity contribution is -0.122. The van der Waals surface area contributed by atoms with Crippen molar-refractivity contribution in [2.75, 3.05) is 26.3 Å². The van der Waals surface area contributed by atoms with Crippen LogP contribution in [-0.4, -0.2) is 43.2 Å². The number of nitrogens with one attached hydrogen (secondary N) is 1. The number of nitrogens with two attached hydrogens (primary N) is 1. The Hall–Kier alpha value is -1.43. The largest absolute Gasteiger partial charge is 0.379 e. The molecule has 0 radical (unpaired) electrons. The van der Waals surface area contributed by atoms with Crippen LogP contribution in [0.25, 0.3) is 0 Å². The summed E-state index contributed by atoms with van der Waals surface area (Å²) >= 11 is 0. The monoisotopic (exact) mass is 291 g/mol. The summed E-state index contributed by atoms with van der Waals surface area (Å²) < 4.78 is 5.37. The molecule has 3 N–H and O–H groups in total. The van der Waals surface area contributed by atoms with Crippen LogP contribution < -0.4 is 11.1 Å². The van der Waals surface area contributed by atoms with Gasteiger partial charge in [-0.15, -0.1) is 0 Å². The number of hydrogen-bond acceptors (Lipinski definition) is 4. The molecule has 1 aliphatic rings. The van der Waals surface area contributed by atoms with Gasteiger partial charge in [0.05, 0.1) is 19.3 Å². The summed E-state index contributed by atoms with van der Waals surface area (Å²) in [7, 11) is 0. The third kappa shape index (κ3) is 4.81. The molecule has 21 heavy (non-hydrogen) atoms. The predicted octanol–water partition coefficient (Wildman–Crippen LogP) is 0.872. The van der Waals surface area contributed by atoms with Gasteiger partial charge in [0, 0.05) is 26.2 Å². The maximum Gasteiger partial charge on any atom is 0.237 e. The minimum Gasteiger partial charge on any atom is -0.379 e. The molecule has 1 aliphatic heterocycles. The second-order valence-corrected chi connectivity index (χ2v) is 5.39. The molecule has 116 valence electrons. The van der Waals surface area contributed by atoms with E-state index < -0.39 is 6.04 Å². The van der Waals surface area contributed by atoms with Crippen molar-refractivity contribution >= 4 is 5.91 Å². The molecule has 1 fully saturated rings. The molecule has 5 heteroatoms. The van der Waals surface area contributed by atoms with Gasteiger partial charge in [0.15, 0.2) is 0 Å². The maximum atomic E-state index is 11.8. The fourth-order valence-corrected chi connectivity index (χ4v) is 2.38. The lowest BCUT2D eigenvalue weighted by Crippen LogP contribution is -2.40. The van der Waals surface area contributed by atoms with Crippen LogP contribution in [-0.2, 0) is 22.6 Å². The first-order valence-corrected chi connectivity index (χ1v) is 7.61. The van der Waals surface area contributed by atoms with Crippen molar-refractivity contribution in [2.45, 2.75) is 32.5 Å². The van der Waals surface area contributed by atoms with E-state index >= 15 is 0 Å². The molecule has 0 bridgehead atoms. The van der Waals surface area contributed by atoms with E-state index in [1.54, 1.807) is 0 Å². The van der Waals surface area contributed by atoms with E-state index in [0.717, 1.165) is 38.4 Å². The zero-order valence-corrected chi connectivity index (χ0v) is 12.7. The molecule has 0 aromatic heterocycles. The molecule has 1 saturated heterocycles. The van der Waals surface area contributed by atoms with Gasteiger partial charge in [0.1, 0.15) is 0 Å². The first kappa shape index (κ1) is 15.9. The number of amides is 1. The number of morpholine rings is 1. The summed E-state index contributed by atoms with van der Waals surface area (Å²) in [5.41, 5.74) is 8.14. The normalized spacial score (nSPS) is 17.4. The lowest BCUT2D eigenvalue weighted by Gasteiger charge is -2.27. The van der Waals surface area contributed by atoms with Crippen LogP contribution in [0.15, 0.2) is 24.3 Å². The number of carbonyl (C=O) groups is 1. The molecule has 0 aliphatic carbocycles. The third-order valence-corrected chi connectivity index (χ3v) is 3.85. The maximum absolute atomic E-state index is 11.8.